The van der Waals surface area contributed by atoms with Crippen molar-refractivity contribution < 1.29 is 31.5 Å². The zero-order valence-electron chi connectivity index (χ0n) is 12.6. The van der Waals surface area contributed by atoms with Crippen LogP contribution in [0.3, 0.4) is 0 Å². The quantitative estimate of drug-likeness (QED) is 0.851. The van der Waals surface area contributed by atoms with Gasteiger partial charge in [0.2, 0.25) is 0 Å². The summed E-state index contributed by atoms with van der Waals surface area (Å²) in [5.74, 6) is -2.92. The molecule has 0 atom stereocenters. The summed E-state index contributed by atoms with van der Waals surface area (Å²) in [4.78, 5) is 10.9. The molecule has 132 valence electrons. The van der Waals surface area contributed by atoms with Crippen LogP contribution in [0, 0.1) is 11.6 Å². The Morgan fingerprint density at radius 2 is 1.72 bits per heavy atom. The van der Waals surface area contributed by atoms with Gasteiger partial charge in [0.25, 0.3) is 15.9 Å². The van der Waals surface area contributed by atoms with E-state index in [0.717, 1.165) is 0 Å². The molecule has 0 spiro atoms. The summed E-state index contributed by atoms with van der Waals surface area (Å²) in [7, 11) is -4.22. The molecule has 0 radical (unpaired) electrons. The summed E-state index contributed by atoms with van der Waals surface area (Å²) >= 11 is 0. The molecule has 0 saturated heterocycles. The Labute approximate surface area is 141 Å². The van der Waals surface area contributed by atoms with Gasteiger partial charge in [0.05, 0.1) is 16.1 Å². The minimum atomic E-state index is -4.22. The van der Waals surface area contributed by atoms with Crippen molar-refractivity contribution in [1.29, 1.82) is 0 Å². The molecule has 0 unspecified atom stereocenters. The maximum absolute atomic E-state index is 13.8. The molecule has 0 aromatic heterocycles. The van der Waals surface area contributed by atoms with E-state index < -0.39 is 38.8 Å². The molecular formula is C15H12F2N2O5S. The number of nitrogens with one attached hydrogen (secondary N) is 1. The van der Waals surface area contributed by atoms with E-state index in [1.165, 1.54) is 18.2 Å². The van der Waals surface area contributed by atoms with Crippen molar-refractivity contribution in [2.24, 2.45) is 5.73 Å². The molecule has 2 aromatic carbocycles. The lowest BCUT2D eigenvalue weighted by atomic mass is 10.2. The van der Waals surface area contributed by atoms with E-state index in [2.05, 4.69) is 0 Å². The van der Waals surface area contributed by atoms with Crippen molar-refractivity contribution in [2.75, 3.05) is 17.9 Å². The van der Waals surface area contributed by atoms with Crippen LogP contribution in [0.5, 0.6) is 11.5 Å². The second-order valence-corrected chi connectivity index (χ2v) is 6.77. The van der Waals surface area contributed by atoms with Gasteiger partial charge in [0, 0.05) is 12.1 Å². The molecule has 3 N–H and O–H groups in total. The highest BCUT2D eigenvalue weighted by molar-refractivity contribution is 7.92. The van der Waals surface area contributed by atoms with Crippen LogP contribution >= 0.6 is 0 Å². The van der Waals surface area contributed by atoms with E-state index in [1.807, 2.05) is 4.72 Å². The van der Waals surface area contributed by atoms with E-state index in [4.69, 9.17) is 15.2 Å². The third kappa shape index (κ3) is 3.33. The molecular weight excluding hydrogens is 358 g/mol. The number of carbonyl (C=O) groups excluding carboxylic acids is 1. The zero-order valence-corrected chi connectivity index (χ0v) is 13.4. The van der Waals surface area contributed by atoms with Gasteiger partial charge in [0.1, 0.15) is 24.8 Å². The Kier molecular flexibility index (Phi) is 4.21. The molecule has 1 heterocycles. The third-order valence-corrected chi connectivity index (χ3v) is 4.75. The highest BCUT2D eigenvalue weighted by Gasteiger charge is 2.22. The van der Waals surface area contributed by atoms with E-state index in [0.29, 0.717) is 24.5 Å². The Morgan fingerprint density at radius 1 is 1.04 bits per heavy atom. The molecule has 0 bridgehead atoms. The predicted octanol–water partition coefficient (Wildman–Crippen LogP) is 1.64. The van der Waals surface area contributed by atoms with Crippen LogP contribution in [-0.2, 0) is 10.0 Å². The number of primary amides is 1. The number of benzene rings is 2. The van der Waals surface area contributed by atoms with Gasteiger partial charge in [-0.05, 0) is 18.2 Å². The summed E-state index contributed by atoms with van der Waals surface area (Å²) in [5, 5.41) is 0. The summed E-state index contributed by atoms with van der Waals surface area (Å²) in [5.41, 5.74) is 3.73. The standard InChI is InChI=1S/C15H12F2N2O5S/c16-10-7-11(17)12(6-9(10)15(18)20)19-25(21,22)8-1-2-13-14(5-8)24-4-3-23-13/h1-2,5-7,19H,3-4H2,(H2,18,20). The van der Waals surface area contributed by atoms with Crippen molar-refractivity contribution in [3.63, 3.8) is 0 Å². The molecule has 0 aliphatic carbocycles. The first-order valence-corrected chi connectivity index (χ1v) is 8.47. The van der Waals surface area contributed by atoms with Gasteiger partial charge in [-0.2, -0.15) is 0 Å². The molecule has 3 rings (SSSR count). The van der Waals surface area contributed by atoms with E-state index in [9.17, 15) is 22.0 Å². The lowest BCUT2D eigenvalue weighted by Crippen LogP contribution is -2.19. The van der Waals surface area contributed by atoms with Crippen molar-refractivity contribution in [2.45, 2.75) is 4.90 Å². The molecule has 1 aliphatic heterocycles. The van der Waals surface area contributed by atoms with Crippen molar-refractivity contribution in [1.82, 2.24) is 0 Å². The Balaban J connectivity index is 1.97. The van der Waals surface area contributed by atoms with Crippen LogP contribution in [0.4, 0.5) is 14.5 Å². The summed E-state index contributed by atoms with van der Waals surface area (Å²) in [6.07, 6.45) is 0. The second-order valence-electron chi connectivity index (χ2n) is 5.09. The average molecular weight is 370 g/mol. The highest BCUT2D eigenvalue weighted by Crippen LogP contribution is 2.33. The van der Waals surface area contributed by atoms with Gasteiger partial charge in [-0.3, -0.25) is 9.52 Å². The normalized spacial score (nSPS) is 13.4. The smallest absolute Gasteiger partial charge is 0.262 e. The number of hydrogen-bond donors (Lipinski definition) is 2. The van der Waals surface area contributed by atoms with Crippen LogP contribution < -0.4 is 19.9 Å². The summed E-state index contributed by atoms with van der Waals surface area (Å²) in [6.45, 7) is 0.604. The SMILES string of the molecule is NC(=O)c1cc(NS(=O)(=O)c2ccc3c(c2)OCCO3)c(F)cc1F. The van der Waals surface area contributed by atoms with Crippen molar-refractivity contribution >= 4 is 21.6 Å². The van der Waals surface area contributed by atoms with Crippen molar-refractivity contribution in [3.8, 4) is 11.5 Å². The van der Waals surface area contributed by atoms with E-state index in [1.54, 1.807) is 0 Å². The molecule has 1 aliphatic rings. The van der Waals surface area contributed by atoms with Crippen LogP contribution in [0.2, 0.25) is 0 Å². The first-order valence-electron chi connectivity index (χ1n) is 6.99. The van der Waals surface area contributed by atoms with Crippen molar-refractivity contribution in [3.05, 3.63) is 47.5 Å². The van der Waals surface area contributed by atoms with Gasteiger partial charge in [0.15, 0.2) is 11.5 Å². The number of nitrogens with two attached hydrogens (primary N) is 1. The lowest BCUT2D eigenvalue weighted by molar-refractivity contribution is 0.0996. The number of halogens is 2. The molecule has 10 heteroatoms. The number of fused-ring (bicyclic) bond motifs is 1. The number of carbonyl (C=O) groups is 1. The lowest BCUT2D eigenvalue weighted by Gasteiger charge is -2.19. The Hall–Kier alpha value is -2.88. The summed E-state index contributed by atoms with van der Waals surface area (Å²) < 4.78 is 64.7. The van der Waals surface area contributed by atoms with Crippen LogP contribution in [0.1, 0.15) is 10.4 Å². The fourth-order valence-electron chi connectivity index (χ4n) is 2.21. The monoisotopic (exact) mass is 370 g/mol. The van der Waals surface area contributed by atoms with E-state index >= 15 is 0 Å². The number of hydrogen-bond acceptors (Lipinski definition) is 5. The highest BCUT2D eigenvalue weighted by atomic mass is 32.2. The molecule has 0 saturated carbocycles. The summed E-state index contributed by atoms with van der Waals surface area (Å²) in [6, 6.07) is 4.93. The first kappa shape index (κ1) is 17.0. The Morgan fingerprint density at radius 3 is 2.40 bits per heavy atom. The van der Waals surface area contributed by atoms with Gasteiger partial charge < -0.3 is 15.2 Å². The molecule has 2 aromatic rings. The minimum absolute atomic E-state index is 0.221. The van der Waals surface area contributed by atoms with Crippen LogP contribution in [0.15, 0.2) is 35.2 Å². The van der Waals surface area contributed by atoms with Crippen LogP contribution in [-0.4, -0.2) is 27.5 Å². The van der Waals surface area contributed by atoms with Gasteiger partial charge in [-0.25, -0.2) is 17.2 Å². The second kappa shape index (κ2) is 6.20. The fourth-order valence-corrected chi connectivity index (χ4v) is 3.28. The number of anilines is 1. The maximum atomic E-state index is 13.8. The number of sulfonamides is 1. The number of amides is 1. The number of rotatable bonds is 4. The first-order chi connectivity index (χ1) is 11.8. The van der Waals surface area contributed by atoms with Gasteiger partial charge >= 0.3 is 0 Å². The fraction of sp³-hybridized carbons (Fsp3) is 0.133. The Bertz CT molecular complexity index is 963. The van der Waals surface area contributed by atoms with Gasteiger partial charge in [-0.1, -0.05) is 0 Å². The largest absolute Gasteiger partial charge is 0.486 e. The zero-order chi connectivity index (χ0) is 18.2. The molecule has 1 amide bonds. The predicted molar refractivity (Wildman–Crippen MR) is 83.1 cm³/mol. The van der Waals surface area contributed by atoms with Gasteiger partial charge in [-0.15, -0.1) is 0 Å². The molecule has 0 fully saturated rings. The average Bonchev–Trinajstić information content (AvgIpc) is 2.56. The topological polar surface area (TPSA) is 108 Å². The molecule has 7 nitrogen and oxygen atoms in total. The van der Waals surface area contributed by atoms with Crippen LogP contribution in [0.25, 0.3) is 0 Å². The third-order valence-electron chi connectivity index (χ3n) is 3.39. The molecule has 25 heavy (non-hydrogen) atoms. The van der Waals surface area contributed by atoms with E-state index in [-0.39, 0.29) is 17.3 Å². The minimum Gasteiger partial charge on any atom is -0.486 e. The maximum Gasteiger partial charge on any atom is 0.262 e. The number of ether oxygens (including phenoxy) is 2.